The fourth-order valence-electron chi connectivity index (χ4n) is 1.94. The maximum Gasteiger partial charge on any atom is 0.313 e. The van der Waals surface area contributed by atoms with Gasteiger partial charge in [0.25, 0.3) is 0 Å². The van der Waals surface area contributed by atoms with Crippen molar-refractivity contribution in [1.82, 2.24) is 5.32 Å². The smallest absolute Gasteiger partial charge is 0.313 e. The molecule has 1 unspecified atom stereocenters. The molecule has 0 fully saturated rings. The van der Waals surface area contributed by atoms with E-state index in [0.717, 1.165) is 0 Å². The van der Waals surface area contributed by atoms with E-state index in [9.17, 15) is 9.59 Å². The molecule has 2 aromatic rings. The minimum absolute atomic E-state index is 0.0525. The molecule has 1 aromatic heterocycles. The molecule has 0 aliphatic heterocycles. The number of nitriles is 1. The molecule has 0 radical (unpaired) electrons. The summed E-state index contributed by atoms with van der Waals surface area (Å²) in [4.78, 5) is 23.8. The summed E-state index contributed by atoms with van der Waals surface area (Å²) in [5, 5.41) is 14.1. The summed E-state index contributed by atoms with van der Waals surface area (Å²) in [6, 6.07) is 9.66. The molecule has 0 aliphatic rings. The van der Waals surface area contributed by atoms with E-state index in [0.29, 0.717) is 10.8 Å². The van der Waals surface area contributed by atoms with Gasteiger partial charge >= 0.3 is 11.8 Å². The van der Waals surface area contributed by atoms with Crippen molar-refractivity contribution in [3.63, 3.8) is 0 Å². The first-order valence-electron chi connectivity index (χ1n) is 6.90. The third-order valence-corrected chi connectivity index (χ3v) is 3.38. The topological polar surface area (TPSA) is 104 Å². The molecular weight excluding hydrogens is 334 g/mol. The van der Waals surface area contributed by atoms with Gasteiger partial charge in [0.15, 0.2) is 0 Å². The number of methoxy groups -OCH3 is 1. The van der Waals surface area contributed by atoms with Crippen molar-refractivity contribution in [2.45, 2.75) is 6.10 Å². The third kappa shape index (κ3) is 4.35. The molecule has 8 heteroatoms. The van der Waals surface area contributed by atoms with Gasteiger partial charge in [0.1, 0.15) is 17.9 Å². The van der Waals surface area contributed by atoms with Crippen LogP contribution in [-0.4, -0.2) is 25.5 Å². The zero-order valence-electron chi connectivity index (χ0n) is 12.7. The zero-order chi connectivity index (χ0) is 17.5. The van der Waals surface area contributed by atoms with Gasteiger partial charge in [-0.15, -0.1) is 0 Å². The Labute approximate surface area is 143 Å². The van der Waals surface area contributed by atoms with Crippen LogP contribution in [0.4, 0.5) is 5.69 Å². The van der Waals surface area contributed by atoms with E-state index in [-0.39, 0.29) is 17.8 Å². The lowest BCUT2D eigenvalue weighted by Crippen LogP contribution is -2.38. The molecule has 1 atom stereocenters. The summed E-state index contributed by atoms with van der Waals surface area (Å²) >= 11 is 5.83. The van der Waals surface area contributed by atoms with E-state index in [1.54, 1.807) is 12.1 Å². The highest BCUT2D eigenvalue weighted by atomic mass is 35.5. The van der Waals surface area contributed by atoms with Crippen LogP contribution in [0.2, 0.25) is 5.02 Å². The summed E-state index contributed by atoms with van der Waals surface area (Å²) in [7, 11) is 1.46. The maximum absolute atomic E-state index is 11.9. The van der Waals surface area contributed by atoms with Gasteiger partial charge in [-0.25, -0.2) is 0 Å². The van der Waals surface area contributed by atoms with Crippen molar-refractivity contribution in [3.05, 3.63) is 52.9 Å². The summed E-state index contributed by atoms with van der Waals surface area (Å²) in [6.07, 6.45) is 0.968. The highest BCUT2D eigenvalue weighted by Crippen LogP contribution is 2.20. The second-order valence-electron chi connectivity index (χ2n) is 4.71. The lowest BCUT2D eigenvalue weighted by molar-refractivity contribution is -0.136. The second kappa shape index (κ2) is 8.15. The predicted molar refractivity (Wildman–Crippen MR) is 86.3 cm³/mol. The fraction of sp³-hybridized carbons (Fsp3) is 0.188. The molecule has 24 heavy (non-hydrogen) atoms. The first-order chi connectivity index (χ1) is 11.5. The molecule has 2 rings (SSSR count). The third-order valence-electron chi connectivity index (χ3n) is 3.15. The van der Waals surface area contributed by atoms with Gasteiger partial charge in [-0.2, -0.15) is 5.26 Å². The number of ether oxygens (including phenoxy) is 1. The molecule has 0 saturated heterocycles. The highest BCUT2D eigenvalue weighted by Gasteiger charge is 2.19. The fourth-order valence-corrected chi connectivity index (χ4v) is 2.11. The van der Waals surface area contributed by atoms with E-state index in [1.807, 2.05) is 6.07 Å². The molecule has 0 bridgehead atoms. The minimum Gasteiger partial charge on any atom is -0.467 e. The standard InChI is InChI=1S/C16H14ClN3O4/c1-23-14(13-3-2-6-24-13)9-19-15(21)16(22)20-12-7-11(17)5-4-10(12)8-18/h2-7,14H,9H2,1H3,(H,19,21)(H,20,22). The van der Waals surface area contributed by atoms with E-state index < -0.39 is 17.9 Å². The Hall–Kier alpha value is -2.82. The lowest BCUT2D eigenvalue weighted by Gasteiger charge is -2.13. The zero-order valence-corrected chi connectivity index (χ0v) is 13.5. The van der Waals surface area contributed by atoms with Gasteiger partial charge in [0, 0.05) is 12.1 Å². The van der Waals surface area contributed by atoms with Gasteiger partial charge in [0.05, 0.1) is 24.1 Å². The number of furan rings is 1. The normalized spacial score (nSPS) is 11.4. The van der Waals surface area contributed by atoms with E-state index >= 15 is 0 Å². The number of rotatable bonds is 5. The van der Waals surface area contributed by atoms with Crippen LogP contribution in [0.15, 0.2) is 41.0 Å². The first kappa shape index (κ1) is 17.5. The number of halogens is 1. The molecule has 1 aromatic carbocycles. The van der Waals surface area contributed by atoms with Gasteiger partial charge < -0.3 is 19.8 Å². The van der Waals surface area contributed by atoms with Crippen LogP contribution >= 0.6 is 11.6 Å². The molecule has 7 nitrogen and oxygen atoms in total. The Morgan fingerprint density at radius 1 is 1.38 bits per heavy atom. The molecule has 124 valence electrons. The molecule has 2 N–H and O–H groups in total. The highest BCUT2D eigenvalue weighted by molar-refractivity contribution is 6.40. The quantitative estimate of drug-likeness (QED) is 0.807. The maximum atomic E-state index is 11.9. The number of nitrogens with one attached hydrogen (secondary N) is 2. The van der Waals surface area contributed by atoms with Crippen LogP contribution in [0.1, 0.15) is 17.4 Å². The Balaban J connectivity index is 1.97. The van der Waals surface area contributed by atoms with E-state index in [2.05, 4.69) is 10.6 Å². The SMILES string of the molecule is COC(CNC(=O)C(=O)Nc1cc(Cl)ccc1C#N)c1ccco1. The van der Waals surface area contributed by atoms with Crippen LogP contribution in [0.5, 0.6) is 0 Å². The summed E-state index contributed by atoms with van der Waals surface area (Å²) in [6.45, 7) is 0.0525. The van der Waals surface area contributed by atoms with Crippen molar-refractivity contribution in [2.75, 3.05) is 19.0 Å². The van der Waals surface area contributed by atoms with Crippen LogP contribution < -0.4 is 10.6 Å². The monoisotopic (exact) mass is 347 g/mol. The largest absolute Gasteiger partial charge is 0.467 e. The van der Waals surface area contributed by atoms with E-state index in [1.165, 1.54) is 31.6 Å². The Bertz CT molecular complexity index is 768. The number of amides is 2. The number of benzene rings is 1. The molecule has 0 spiro atoms. The van der Waals surface area contributed by atoms with Crippen molar-refractivity contribution >= 4 is 29.1 Å². The number of carbonyl (C=O) groups excluding carboxylic acids is 2. The predicted octanol–water partition coefficient (Wildman–Crippen LogP) is 2.25. The summed E-state index contributed by atoms with van der Waals surface area (Å²) in [5.74, 6) is -1.25. The summed E-state index contributed by atoms with van der Waals surface area (Å²) in [5.41, 5.74) is 0.366. The number of anilines is 1. The Kier molecular flexibility index (Phi) is 5.95. The van der Waals surface area contributed by atoms with Crippen LogP contribution in [0.3, 0.4) is 0 Å². The molecule has 2 amide bonds. The molecule has 1 heterocycles. The van der Waals surface area contributed by atoms with Crippen LogP contribution in [0.25, 0.3) is 0 Å². The van der Waals surface area contributed by atoms with Gasteiger partial charge in [0.2, 0.25) is 0 Å². The van der Waals surface area contributed by atoms with E-state index in [4.69, 9.17) is 26.0 Å². The lowest BCUT2D eigenvalue weighted by atomic mass is 10.2. The van der Waals surface area contributed by atoms with Crippen molar-refractivity contribution in [2.24, 2.45) is 0 Å². The second-order valence-corrected chi connectivity index (χ2v) is 5.14. The van der Waals surface area contributed by atoms with Crippen LogP contribution in [0, 0.1) is 11.3 Å². The van der Waals surface area contributed by atoms with Crippen molar-refractivity contribution in [3.8, 4) is 6.07 Å². The van der Waals surface area contributed by atoms with Gasteiger partial charge in [-0.3, -0.25) is 9.59 Å². The molecule has 0 aliphatic carbocycles. The number of hydrogen-bond acceptors (Lipinski definition) is 5. The Morgan fingerprint density at radius 3 is 2.79 bits per heavy atom. The average molecular weight is 348 g/mol. The minimum atomic E-state index is -0.914. The number of nitrogens with zero attached hydrogens (tertiary/aromatic N) is 1. The average Bonchev–Trinajstić information content (AvgIpc) is 3.10. The molecular formula is C16H14ClN3O4. The van der Waals surface area contributed by atoms with Crippen LogP contribution in [-0.2, 0) is 14.3 Å². The number of hydrogen-bond donors (Lipinski definition) is 2. The number of carbonyl (C=O) groups is 2. The van der Waals surface area contributed by atoms with Gasteiger partial charge in [-0.1, -0.05) is 11.6 Å². The van der Waals surface area contributed by atoms with Gasteiger partial charge in [-0.05, 0) is 30.3 Å². The first-order valence-corrected chi connectivity index (χ1v) is 7.28. The van der Waals surface area contributed by atoms with Crippen molar-refractivity contribution in [1.29, 1.82) is 5.26 Å². The van der Waals surface area contributed by atoms with Crippen molar-refractivity contribution < 1.29 is 18.7 Å². The summed E-state index contributed by atoms with van der Waals surface area (Å²) < 4.78 is 10.4. The molecule has 0 saturated carbocycles. The Morgan fingerprint density at radius 2 is 2.17 bits per heavy atom.